The molecule has 0 fully saturated rings. The van der Waals surface area contributed by atoms with Crippen LogP contribution in [0.2, 0.25) is 0 Å². The zero-order valence-corrected chi connectivity index (χ0v) is 11.8. The number of hydrogen-bond acceptors (Lipinski definition) is 2. The second-order valence-corrected chi connectivity index (χ2v) is 4.97. The van der Waals surface area contributed by atoms with Crippen LogP contribution in [0.5, 0.6) is 0 Å². The topological polar surface area (TPSA) is 69.6 Å². The number of nitrogens with one attached hydrogen (secondary N) is 1. The number of urea groups is 1. The lowest BCUT2D eigenvalue weighted by atomic mass is 10.3. The zero-order chi connectivity index (χ0) is 13.7. The van der Waals surface area contributed by atoms with Crippen LogP contribution in [0.15, 0.2) is 28.7 Å². The van der Waals surface area contributed by atoms with E-state index in [0.29, 0.717) is 5.69 Å². The van der Waals surface area contributed by atoms with Gasteiger partial charge in [-0.1, -0.05) is 15.9 Å². The van der Waals surface area contributed by atoms with E-state index < -0.39 is 12.0 Å². The molecule has 2 N–H and O–H groups in total. The molecule has 2 amide bonds. The number of nitrogens with zero attached hydrogens (tertiary/aromatic N) is 1. The molecule has 5 nitrogen and oxygen atoms in total. The van der Waals surface area contributed by atoms with Crippen molar-refractivity contribution in [1.29, 1.82) is 0 Å². The molecule has 1 aromatic carbocycles. The van der Waals surface area contributed by atoms with Crippen LogP contribution in [0.4, 0.5) is 10.5 Å². The maximum atomic E-state index is 11.9. The molecule has 0 bridgehead atoms. The van der Waals surface area contributed by atoms with Crippen LogP contribution in [0.1, 0.15) is 13.8 Å². The van der Waals surface area contributed by atoms with Crippen molar-refractivity contribution in [2.45, 2.75) is 19.9 Å². The van der Waals surface area contributed by atoms with Crippen molar-refractivity contribution in [3.8, 4) is 0 Å². The molecule has 6 heteroatoms. The van der Waals surface area contributed by atoms with Gasteiger partial charge in [0.15, 0.2) is 0 Å². The molecule has 0 aliphatic heterocycles. The van der Waals surface area contributed by atoms with Crippen molar-refractivity contribution in [1.82, 2.24) is 4.90 Å². The quantitative estimate of drug-likeness (QED) is 0.897. The van der Waals surface area contributed by atoms with E-state index in [1.165, 1.54) is 4.90 Å². The largest absolute Gasteiger partial charge is 0.480 e. The van der Waals surface area contributed by atoms with Crippen molar-refractivity contribution in [2.24, 2.45) is 0 Å². The highest BCUT2D eigenvalue weighted by molar-refractivity contribution is 9.10. The number of aliphatic carboxylic acids is 1. The Bertz CT molecular complexity index is 431. The van der Waals surface area contributed by atoms with E-state index in [1.54, 1.807) is 38.1 Å². The fourth-order valence-corrected chi connectivity index (χ4v) is 1.63. The van der Waals surface area contributed by atoms with Gasteiger partial charge < -0.3 is 15.3 Å². The lowest BCUT2D eigenvalue weighted by Gasteiger charge is -2.25. The number of carboxylic acids is 1. The summed E-state index contributed by atoms with van der Waals surface area (Å²) in [5.74, 6) is -1.03. The van der Waals surface area contributed by atoms with Gasteiger partial charge in [0.25, 0.3) is 0 Å². The summed E-state index contributed by atoms with van der Waals surface area (Å²) in [4.78, 5) is 23.9. The Labute approximate surface area is 114 Å². The normalized spacial score (nSPS) is 10.2. The van der Waals surface area contributed by atoms with Crippen LogP contribution in [-0.4, -0.2) is 34.6 Å². The summed E-state index contributed by atoms with van der Waals surface area (Å²) >= 11 is 3.30. The summed E-state index contributed by atoms with van der Waals surface area (Å²) in [6.07, 6.45) is 0. The highest BCUT2D eigenvalue weighted by Crippen LogP contribution is 2.15. The number of carbonyl (C=O) groups excluding carboxylic acids is 1. The smallest absolute Gasteiger partial charge is 0.323 e. The lowest BCUT2D eigenvalue weighted by Crippen LogP contribution is -2.43. The predicted octanol–water partition coefficient (Wildman–Crippen LogP) is 2.78. The number of carboxylic acid groups (broad SMARTS) is 1. The molecule has 0 aliphatic rings. The Morgan fingerprint density at radius 1 is 1.33 bits per heavy atom. The monoisotopic (exact) mass is 314 g/mol. The average Bonchev–Trinajstić information content (AvgIpc) is 2.28. The molecular weight excluding hydrogens is 300 g/mol. The Kier molecular flexibility index (Phi) is 5.15. The van der Waals surface area contributed by atoms with E-state index in [9.17, 15) is 9.59 Å². The average molecular weight is 315 g/mol. The SMILES string of the molecule is CC(C)N(CC(=O)O)C(=O)Nc1ccc(Br)cc1. The lowest BCUT2D eigenvalue weighted by molar-refractivity contribution is -0.137. The third-order valence-corrected chi connectivity index (χ3v) is 2.81. The Balaban J connectivity index is 2.72. The molecule has 0 atom stereocenters. The molecule has 0 saturated carbocycles. The molecule has 0 heterocycles. The van der Waals surface area contributed by atoms with E-state index in [0.717, 1.165) is 4.47 Å². The number of amides is 2. The molecule has 0 aliphatic carbocycles. The van der Waals surface area contributed by atoms with Gasteiger partial charge in [-0.15, -0.1) is 0 Å². The van der Waals surface area contributed by atoms with Crippen molar-refractivity contribution < 1.29 is 14.7 Å². The molecule has 0 aromatic heterocycles. The van der Waals surface area contributed by atoms with E-state index in [4.69, 9.17) is 5.11 Å². The maximum absolute atomic E-state index is 11.9. The molecule has 98 valence electrons. The van der Waals surface area contributed by atoms with E-state index in [1.807, 2.05) is 0 Å². The molecule has 0 saturated heterocycles. The second kappa shape index (κ2) is 6.39. The standard InChI is InChI=1S/C12H15BrN2O3/c1-8(2)15(7-11(16)17)12(18)14-10-5-3-9(13)4-6-10/h3-6,8H,7H2,1-2H3,(H,14,18)(H,16,17). The summed E-state index contributed by atoms with van der Waals surface area (Å²) in [5, 5.41) is 11.4. The fraction of sp³-hybridized carbons (Fsp3) is 0.333. The highest BCUT2D eigenvalue weighted by atomic mass is 79.9. The zero-order valence-electron chi connectivity index (χ0n) is 10.2. The number of hydrogen-bond donors (Lipinski definition) is 2. The Hall–Kier alpha value is -1.56. The third kappa shape index (κ3) is 4.37. The molecular formula is C12H15BrN2O3. The van der Waals surface area contributed by atoms with Crippen LogP contribution < -0.4 is 5.32 Å². The minimum Gasteiger partial charge on any atom is -0.480 e. The van der Waals surface area contributed by atoms with Crippen molar-refractivity contribution in [3.63, 3.8) is 0 Å². The van der Waals surface area contributed by atoms with Crippen LogP contribution in [0.3, 0.4) is 0 Å². The van der Waals surface area contributed by atoms with Gasteiger partial charge in [-0.3, -0.25) is 4.79 Å². The van der Waals surface area contributed by atoms with Gasteiger partial charge in [-0.05, 0) is 38.1 Å². The first kappa shape index (κ1) is 14.5. The molecule has 0 radical (unpaired) electrons. The first-order valence-electron chi connectivity index (χ1n) is 5.45. The number of carbonyl (C=O) groups is 2. The van der Waals surface area contributed by atoms with Crippen LogP contribution in [0, 0.1) is 0 Å². The number of rotatable bonds is 4. The first-order valence-corrected chi connectivity index (χ1v) is 6.24. The molecule has 18 heavy (non-hydrogen) atoms. The van der Waals surface area contributed by atoms with Gasteiger partial charge in [0.05, 0.1) is 0 Å². The summed E-state index contributed by atoms with van der Waals surface area (Å²) in [7, 11) is 0. The molecule has 1 aromatic rings. The van der Waals surface area contributed by atoms with Crippen LogP contribution >= 0.6 is 15.9 Å². The minimum atomic E-state index is -1.03. The summed E-state index contributed by atoms with van der Waals surface area (Å²) in [6.45, 7) is 3.22. The summed E-state index contributed by atoms with van der Waals surface area (Å²) < 4.78 is 0.909. The van der Waals surface area contributed by atoms with E-state index in [-0.39, 0.29) is 12.6 Å². The molecule has 0 spiro atoms. The van der Waals surface area contributed by atoms with Crippen molar-refractivity contribution in [3.05, 3.63) is 28.7 Å². The number of halogens is 1. The second-order valence-electron chi connectivity index (χ2n) is 4.05. The van der Waals surface area contributed by atoms with Gasteiger partial charge in [0, 0.05) is 16.2 Å². The van der Waals surface area contributed by atoms with Crippen LogP contribution in [-0.2, 0) is 4.79 Å². The molecule has 0 unspecified atom stereocenters. The van der Waals surface area contributed by atoms with Crippen molar-refractivity contribution in [2.75, 3.05) is 11.9 Å². The van der Waals surface area contributed by atoms with Crippen LogP contribution in [0.25, 0.3) is 0 Å². The predicted molar refractivity (Wildman–Crippen MR) is 72.6 cm³/mol. The Morgan fingerprint density at radius 3 is 2.33 bits per heavy atom. The Morgan fingerprint density at radius 2 is 1.89 bits per heavy atom. The van der Waals surface area contributed by atoms with Gasteiger partial charge in [-0.2, -0.15) is 0 Å². The third-order valence-electron chi connectivity index (χ3n) is 2.29. The fourth-order valence-electron chi connectivity index (χ4n) is 1.36. The highest BCUT2D eigenvalue weighted by Gasteiger charge is 2.19. The van der Waals surface area contributed by atoms with Gasteiger partial charge in [-0.25, -0.2) is 4.79 Å². The van der Waals surface area contributed by atoms with Crippen molar-refractivity contribution >= 4 is 33.6 Å². The van der Waals surface area contributed by atoms with Gasteiger partial charge in [0.1, 0.15) is 6.54 Å². The first-order chi connectivity index (χ1) is 8.40. The van der Waals surface area contributed by atoms with Gasteiger partial charge in [0.2, 0.25) is 0 Å². The maximum Gasteiger partial charge on any atom is 0.323 e. The summed E-state index contributed by atoms with van der Waals surface area (Å²) in [5.41, 5.74) is 0.624. The van der Waals surface area contributed by atoms with Gasteiger partial charge >= 0.3 is 12.0 Å². The summed E-state index contributed by atoms with van der Waals surface area (Å²) in [6, 6.07) is 6.47. The molecule has 1 rings (SSSR count). The number of anilines is 1. The minimum absolute atomic E-state index is 0.184. The van der Waals surface area contributed by atoms with E-state index in [2.05, 4.69) is 21.2 Å². The van der Waals surface area contributed by atoms with E-state index >= 15 is 0 Å². The number of benzene rings is 1.